The number of nitrogens with one attached hydrogen (secondary N) is 1. The van der Waals surface area contributed by atoms with E-state index < -0.39 is 0 Å². The Labute approximate surface area is 122 Å². The van der Waals surface area contributed by atoms with Crippen LogP contribution in [0.2, 0.25) is 5.15 Å². The van der Waals surface area contributed by atoms with Gasteiger partial charge in [-0.2, -0.15) is 0 Å². The number of methoxy groups -OCH3 is 1. The summed E-state index contributed by atoms with van der Waals surface area (Å²) in [5.41, 5.74) is 1.07. The Morgan fingerprint density at radius 3 is 2.70 bits per heavy atom. The van der Waals surface area contributed by atoms with Gasteiger partial charge in [0.25, 0.3) is 0 Å². The maximum absolute atomic E-state index is 11.8. The van der Waals surface area contributed by atoms with E-state index >= 15 is 0 Å². The summed E-state index contributed by atoms with van der Waals surface area (Å²) < 4.78 is 5.08. The minimum atomic E-state index is -0.115. The van der Waals surface area contributed by atoms with Gasteiger partial charge in [-0.3, -0.25) is 4.79 Å². The molecule has 0 fully saturated rings. The van der Waals surface area contributed by atoms with E-state index in [1.165, 1.54) is 12.4 Å². The maximum atomic E-state index is 11.8. The Kier molecular flexibility index (Phi) is 4.90. The number of ether oxygens (including phenoxy) is 1. The van der Waals surface area contributed by atoms with Crippen LogP contribution in [0.3, 0.4) is 0 Å². The molecule has 104 valence electrons. The third kappa shape index (κ3) is 4.20. The van der Waals surface area contributed by atoms with Crippen molar-refractivity contribution in [3.63, 3.8) is 0 Å². The highest BCUT2D eigenvalue weighted by Gasteiger charge is 2.05. The number of amides is 1. The largest absolute Gasteiger partial charge is 0.497 e. The number of aromatic nitrogens is 2. The second-order valence-electron chi connectivity index (χ2n) is 4.12. The second-order valence-corrected chi connectivity index (χ2v) is 4.51. The number of nitrogens with zero attached hydrogens (tertiary/aromatic N) is 2. The summed E-state index contributed by atoms with van der Waals surface area (Å²) in [5, 5.41) is 2.97. The van der Waals surface area contributed by atoms with Crippen LogP contribution in [-0.4, -0.2) is 23.0 Å². The lowest BCUT2D eigenvalue weighted by Gasteiger charge is -2.05. The van der Waals surface area contributed by atoms with Gasteiger partial charge in [-0.05, 0) is 24.1 Å². The zero-order valence-electron chi connectivity index (χ0n) is 11.0. The topological polar surface area (TPSA) is 64.1 Å². The van der Waals surface area contributed by atoms with E-state index in [9.17, 15) is 4.79 Å². The lowest BCUT2D eigenvalue weighted by Crippen LogP contribution is -2.13. The van der Waals surface area contributed by atoms with E-state index in [-0.39, 0.29) is 5.91 Å². The predicted octanol–water partition coefficient (Wildman–Crippen LogP) is 2.71. The normalized spacial score (nSPS) is 10.1. The summed E-state index contributed by atoms with van der Waals surface area (Å²) >= 11 is 5.72. The quantitative estimate of drug-likeness (QED) is 0.860. The van der Waals surface area contributed by atoms with Gasteiger partial charge in [0, 0.05) is 12.5 Å². The van der Waals surface area contributed by atoms with Gasteiger partial charge in [0.1, 0.15) is 23.0 Å². The molecule has 0 spiro atoms. The highest BCUT2D eigenvalue weighted by Crippen LogP contribution is 2.13. The van der Waals surface area contributed by atoms with Crippen LogP contribution >= 0.6 is 11.6 Å². The molecule has 0 radical (unpaired) electrons. The molecule has 1 aromatic heterocycles. The summed E-state index contributed by atoms with van der Waals surface area (Å²) in [6.07, 6.45) is 2.32. The third-order valence-corrected chi connectivity index (χ3v) is 2.91. The summed E-state index contributed by atoms with van der Waals surface area (Å²) in [6.45, 7) is 0. The number of benzene rings is 1. The average Bonchev–Trinajstić information content (AvgIpc) is 2.46. The first kappa shape index (κ1) is 14.3. The number of rotatable bonds is 5. The van der Waals surface area contributed by atoms with Crippen molar-refractivity contribution in [2.45, 2.75) is 12.8 Å². The fourth-order valence-electron chi connectivity index (χ4n) is 1.66. The number of hydrogen-bond donors (Lipinski definition) is 1. The summed E-state index contributed by atoms with van der Waals surface area (Å²) in [6, 6.07) is 9.13. The molecule has 1 amide bonds. The van der Waals surface area contributed by atoms with Crippen LogP contribution in [0.4, 0.5) is 5.82 Å². The van der Waals surface area contributed by atoms with E-state index in [4.69, 9.17) is 16.3 Å². The van der Waals surface area contributed by atoms with Crippen LogP contribution in [0.25, 0.3) is 0 Å². The molecular formula is C14H14ClN3O2. The first-order chi connectivity index (χ1) is 9.67. The molecule has 0 saturated heterocycles. The molecule has 1 aromatic carbocycles. The Bertz CT molecular complexity index is 587. The lowest BCUT2D eigenvalue weighted by molar-refractivity contribution is -0.116. The second kappa shape index (κ2) is 6.86. The molecule has 0 aliphatic rings. The Morgan fingerprint density at radius 1 is 1.30 bits per heavy atom. The predicted molar refractivity (Wildman–Crippen MR) is 77.0 cm³/mol. The minimum absolute atomic E-state index is 0.115. The fraction of sp³-hybridized carbons (Fsp3) is 0.214. The van der Waals surface area contributed by atoms with Crippen LogP contribution in [0.1, 0.15) is 12.0 Å². The average molecular weight is 292 g/mol. The first-order valence-corrected chi connectivity index (χ1v) is 6.45. The number of hydrogen-bond acceptors (Lipinski definition) is 4. The molecule has 1 N–H and O–H groups in total. The SMILES string of the molecule is COc1ccc(CCC(=O)Nc2cc(Cl)ncn2)cc1. The van der Waals surface area contributed by atoms with Crippen LogP contribution < -0.4 is 10.1 Å². The van der Waals surface area contributed by atoms with E-state index in [1.807, 2.05) is 24.3 Å². The van der Waals surface area contributed by atoms with Crippen LogP contribution in [0.15, 0.2) is 36.7 Å². The van der Waals surface area contributed by atoms with Gasteiger partial charge in [-0.25, -0.2) is 9.97 Å². The van der Waals surface area contributed by atoms with Gasteiger partial charge in [0.15, 0.2) is 0 Å². The van der Waals surface area contributed by atoms with E-state index in [0.717, 1.165) is 11.3 Å². The highest BCUT2D eigenvalue weighted by molar-refractivity contribution is 6.29. The van der Waals surface area contributed by atoms with Crippen molar-refractivity contribution in [1.29, 1.82) is 0 Å². The monoisotopic (exact) mass is 291 g/mol. The van der Waals surface area contributed by atoms with Gasteiger partial charge < -0.3 is 10.1 Å². The van der Waals surface area contributed by atoms with Crippen molar-refractivity contribution >= 4 is 23.3 Å². The van der Waals surface area contributed by atoms with Gasteiger partial charge in [0.05, 0.1) is 7.11 Å². The molecule has 5 nitrogen and oxygen atoms in total. The molecule has 0 aliphatic heterocycles. The minimum Gasteiger partial charge on any atom is -0.497 e. The number of anilines is 1. The van der Waals surface area contributed by atoms with Crippen molar-refractivity contribution in [2.24, 2.45) is 0 Å². The summed E-state index contributed by atoms with van der Waals surface area (Å²) in [4.78, 5) is 19.4. The van der Waals surface area contributed by atoms with Crippen molar-refractivity contribution in [3.05, 3.63) is 47.4 Å². The number of aryl methyl sites for hydroxylation is 1. The third-order valence-electron chi connectivity index (χ3n) is 2.70. The smallest absolute Gasteiger partial charge is 0.225 e. The molecule has 2 rings (SSSR count). The molecular weight excluding hydrogens is 278 g/mol. The zero-order valence-corrected chi connectivity index (χ0v) is 11.7. The fourth-order valence-corrected chi connectivity index (χ4v) is 1.80. The van der Waals surface area contributed by atoms with Gasteiger partial charge in [0.2, 0.25) is 5.91 Å². The molecule has 0 aliphatic carbocycles. The molecule has 1 heterocycles. The van der Waals surface area contributed by atoms with Crippen molar-refractivity contribution in [1.82, 2.24) is 9.97 Å². The van der Waals surface area contributed by atoms with E-state index in [2.05, 4.69) is 15.3 Å². The van der Waals surface area contributed by atoms with Crippen LogP contribution in [0.5, 0.6) is 5.75 Å². The molecule has 6 heteroatoms. The number of halogens is 1. The van der Waals surface area contributed by atoms with Gasteiger partial charge >= 0.3 is 0 Å². The zero-order chi connectivity index (χ0) is 14.4. The maximum Gasteiger partial charge on any atom is 0.225 e. The Balaban J connectivity index is 1.85. The van der Waals surface area contributed by atoms with E-state index in [1.54, 1.807) is 7.11 Å². The number of carbonyl (C=O) groups excluding carboxylic acids is 1. The van der Waals surface area contributed by atoms with Crippen LogP contribution in [-0.2, 0) is 11.2 Å². The van der Waals surface area contributed by atoms with Crippen LogP contribution in [0, 0.1) is 0 Å². The number of carbonyl (C=O) groups is 1. The molecule has 0 saturated carbocycles. The van der Waals surface area contributed by atoms with Crippen molar-refractivity contribution in [3.8, 4) is 5.75 Å². The summed E-state index contributed by atoms with van der Waals surface area (Å²) in [5.74, 6) is 1.09. The molecule has 0 unspecified atom stereocenters. The summed E-state index contributed by atoms with van der Waals surface area (Å²) in [7, 11) is 1.62. The Hall–Kier alpha value is -2.14. The van der Waals surface area contributed by atoms with E-state index in [0.29, 0.717) is 23.8 Å². The highest BCUT2D eigenvalue weighted by atomic mass is 35.5. The first-order valence-electron chi connectivity index (χ1n) is 6.07. The molecule has 2 aromatic rings. The van der Waals surface area contributed by atoms with Gasteiger partial charge in [-0.15, -0.1) is 0 Å². The van der Waals surface area contributed by atoms with Crippen molar-refractivity contribution in [2.75, 3.05) is 12.4 Å². The Morgan fingerprint density at radius 2 is 2.05 bits per heavy atom. The molecule has 0 atom stereocenters. The van der Waals surface area contributed by atoms with Gasteiger partial charge in [-0.1, -0.05) is 23.7 Å². The van der Waals surface area contributed by atoms with Crippen molar-refractivity contribution < 1.29 is 9.53 Å². The molecule has 20 heavy (non-hydrogen) atoms. The lowest BCUT2D eigenvalue weighted by atomic mass is 10.1. The molecule has 0 bridgehead atoms. The standard InChI is InChI=1S/C14H14ClN3O2/c1-20-11-5-2-10(3-6-11)4-7-14(19)18-13-8-12(15)16-9-17-13/h2-3,5-6,8-9H,4,7H2,1H3,(H,16,17,18,19).